The lowest BCUT2D eigenvalue weighted by atomic mass is 10.1. The molecule has 20 heavy (non-hydrogen) atoms. The molecular weight excluding hydrogens is 320 g/mol. The Morgan fingerprint density at radius 1 is 1.25 bits per heavy atom. The van der Waals surface area contributed by atoms with Crippen LogP contribution in [0.25, 0.3) is 0 Å². The van der Waals surface area contributed by atoms with Crippen LogP contribution in [0.3, 0.4) is 0 Å². The van der Waals surface area contributed by atoms with Gasteiger partial charge in [-0.05, 0) is 36.4 Å². The lowest BCUT2D eigenvalue weighted by molar-refractivity contribution is 0.102. The number of nitrogens with zero attached hydrogens (tertiary/aromatic N) is 1. The molecule has 4 nitrogen and oxygen atoms in total. The molecule has 2 rings (SSSR count). The summed E-state index contributed by atoms with van der Waals surface area (Å²) in [5.41, 5.74) is 1.64. The molecule has 0 aliphatic carbocycles. The van der Waals surface area contributed by atoms with Crippen molar-refractivity contribution in [3.8, 4) is 11.8 Å². The van der Waals surface area contributed by atoms with Crippen molar-refractivity contribution in [3.63, 3.8) is 0 Å². The molecule has 100 valence electrons. The van der Waals surface area contributed by atoms with Crippen molar-refractivity contribution in [3.05, 3.63) is 58.1 Å². The fraction of sp³-hybridized carbons (Fsp3) is 0.0667. The Morgan fingerprint density at radius 2 is 1.95 bits per heavy atom. The summed E-state index contributed by atoms with van der Waals surface area (Å²) in [6.07, 6.45) is 0. The normalized spacial score (nSPS) is 9.65. The Balaban J connectivity index is 2.18. The molecule has 2 aromatic carbocycles. The van der Waals surface area contributed by atoms with Crippen LogP contribution in [-0.2, 0) is 0 Å². The van der Waals surface area contributed by atoms with Gasteiger partial charge in [0, 0.05) is 21.8 Å². The number of anilines is 1. The molecule has 0 radical (unpaired) electrons. The Kier molecular flexibility index (Phi) is 4.38. The maximum atomic E-state index is 12.1. The minimum Gasteiger partial charge on any atom is -0.497 e. The summed E-state index contributed by atoms with van der Waals surface area (Å²) in [5.74, 6) is 0.407. The first-order valence-electron chi connectivity index (χ1n) is 5.78. The molecule has 0 unspecified atom stereocenters. The zero-order valence-corrected chi connectivity index (χ0v) is 12.3. The fourth-order valence-electron chi connectivity index (χ4n) is 1.65. The standard InChI is InChI=1S/C15H11BrN2O2/c1-20-14-7-12(16)6-13(8-14)18-15(19)11-4-2-10(9-17)3-5-11/h2-8H,1H3,(H,18,19). The van der Waals surface area contributed by atoms with E-state index >= 15 is 0 Å². The minimum atomic E-state index is -0.241. The molecule has 0 saturated carbocycles. The Hall–Kier alpha value is -2.32. The number of hydrogen-bond acceptors (Lipinski definition) is 3. The number of nitrogens with one attached hydrogen (secondary N) is 1. The van der Waals surface area contributed by atoms with E-state index in [1.54, 1.807) is 49.6 Å². The van der Waals surface area contributed by atoms with E-state index in [9.17, 15) is 4.79 Å². The first-order valence-corrected chi connectivity index (χ1v) is 6.58. The van der Waals surface area contributed by atoms with Gasteiger partial charge in [-0.25, -0.2) is 0 Å². The second kappa shape index (κ2) is 6.22. The van der Waals surface area contributed by atoms with E-state index < -0.39 is 0 Å². The summed E-state index contributed by atoms with van der Waals surface area (Å²) in [7, 11) is 1.56. The van der Waals surface area contributed by atoms with E-state index in [4.69, 9.17) is 10.00 Å². The molecule has 0 bridgehead atoms. The van der Waals surface area contributed by atoms with Gasteiger partial charge >= 0.3 is 0 Å². The van der Waals surface area contributed by atoms with Crippen LogP contribution < -0.4 is 10.1 Å². The smallest absolute Gasteiger partial charge is 0.255 e. The number of rotatable bonds is 3. The van der Waals surface area contributed by atoms with Crippen LogP contribution in [-0.4, -0.2) is 13.0 Å². The summed E-state index contributed by atoms with van der Waals surface area (Å²) in [6.45, 7) is 0. The van der Waals surface area contributed by atoms with E-state index in [0.29, 0.717) is 22.6 Å². The maximum Gasteiger partial charge on any atom is 0.255 e. The number of amides is 1. The lowest BCUT2D eigenvalue weighted by Crippen LogP contribution is -2.11. The number of carbonyl (C=O) groups is 1. The third kappa shape index (κ3) is 3.37. The van der Waals surface area contributed by atoms with Crippen LogP contribution in [0.4, 0.5) is 5.69 Å². The molecule has 0 aliphatic rings. The number of benzene rings is 2. The van der Waals surface area contributed by atoms with Crippen molar-refractivity contribution in [1.29, 1.82) is 5.26 Å². The molecule has 0 atom stereocenters. The van der Waals surface area contributed by atoms with Gasteiger partial charge in [0.15, 0.2) is 0 Å². The van der Waals surface area contributed by atoms with E-state index in [1.165, 1.54) is 0 Å². The van der Waals surface area contributed by atoms with Crippen LogP contribution in [0.5, 0.6) is 5.75 Å². The van der Waals surface area contributed by atoms with Crippen molar-refractivity contribution in [1.82, 2.24) is 0 Å². The number of carbonyl (C=O) groups excluding carboxylic acids is 1. The molecule has 2 aromatic rings. The highest BCUT2D eigenvalue weighted by molar-refractivity contribution is 9.10. The van der Waals surface area contributed by atoms with Gasteiger partial charge in [0.2, 0.25) is 0 Å². The first kappa shape index (κ1) is 14.1. The quantitative estimate of drug-likeness (QED) is 0.935. The van der Waals surface area contributed by atoms with Gasteiger partial charge in [-0.1, -0.05) is 15.9 Å². The van der Waals surface area contributed by atoms with Gasteiger partial charge in [0.05, 0.1) is 18.7 Å². The van der Waals surface area contributed by atoms with Crippen molar-refractivity contribution in [2.24, 2.45) is 0 Å². The average molecular weight is 331 g/mol. The van der Waals surface area contributed by atoms with Gasteiger partial charge in [-0.3, -0.25) is 4.79 Å². The van der Waals surface area contributed by atoms with Crippen LogP contribution in [0, 0.1) is 11.3 Å². The van der Waals surface area contributed by atoms with Crippen molar-refractivity contribution < 1.29 is 9.53 Å². The topological polar surface area (TPSA) is 62.1 Å². The predicted molar refractivity (Wildman–Crippen MR) is 79.8 cm³/mol. The van der Waals surface area contributed by atoms with E-state index in [-0.39, 0.29) is 5.91 Å². The van der Waals surface area contributed by atoms with Gasteiger partial charge < -0.3 is 10.1 Å². The summed E-state index contributed by atoms with van der Waals surface area (Å²) >= 11 is 3.35. The maximum absolute atomic E-state index is 12.1. The number of hydrogen-bond donors (Lipinski definition) is 1. The van der Waals surface area contributed by atoms with Crippen molar-refractivity contribution >= 4 is 27.5 Å². The van der Waals surface area contributed by atoms with E-state index in [0.717, 1.165) is 4.47 Å². The van der Waals surface area contributed by atoms with Crippen LogP contribution >= 0.6 is 15.9 Å². The average Bonchev–Trinajstić information content (AvgIpc) is 2.46. The first-order chi connectivity index (χ1) is 9.62. The Labute approximate surface area is 125 Å². The lowest BCUT2D eigenvalue weighted by Gasteiger charge is -2.08. The molecule has 0 aliphatic heterocycles. The molecule has 0 saturated heterocycles. The molecule has 5 heteroatoms. The molecule has 1 amide bonds. The highest BCUT2D eigenvalue weighted by atomic mass is 79.9. The zero-order chi connectivity index (χ0) is 14.5. The number of methoxy groups -OCH3 is 1. The highest BCUT2D eigenvalue weighted by Crippen LogP contribution is 2.24. The minimum absolute atomic E-state index is 0.241. The second-order valence-electron chi connectivity index (χ2n) is 4.02. The highest BCUT2D eigenvalue weighted by Gasteiger charge is 2.07. The molecule has 0 spiro atoms. The van der Waals surface area contributed by atoms with Crippen molar-refractivity contribution in [2.45, 2.75) is 0 Å². The number of ether oxygens (including phenoxy) is 1. The van der Waals surface area contributed by atoms with Crippen molar-refractivity contribution in [2.75, 3.05) is 12.4 Å². The summed E-state index contributed by atoms with van der Waals surface area (Å²) < 4.78 is 5.95. The molecule has 1 N–H and O–H groups in total. The van der Waals surface area contributed by atoms with Gasteiger partial charge in [-0.2, -0.15) is 5.26 Å². The summed E-state index contributed by atoms with van der Waals surface area (Å²) in [6, 6.07) is 13.8. The second-order valence-corrected chi connectivity index (χ2v) is 4.94. The molecule has 0 heterocycles. The molecule has 0 fully saturated rings. The van der Waals surface area contributed by atoms with E-state index in [1.807, 2.05) is 6.07 Å². The van der Waals surface area contributed by atoms with Gasteiger partial charge in [0.25, 0.3) is 5.91 Å². The summed E-state index contributed by atoms with van der Waals surface area (Å²) in [5, 5.41) is 11.5. The van der Waals surface area contributed by atoms with Gasteiger partial charge in [0.1, 0.15) is 5.75 Å². The third-order valence-electron chi connectivity index (χ3n) is 2.64. The SMILES string of the molecule is COc1cc(Br)cc(NC(=O)c2ccc(C#N)cc2)c1. The third-order valence-corrected chi connectivity index (χ3v) is 3.10. The number of halogens is 1. The number of nitriles is 1. The van der Waals surface area contributed by atoms with Crippen LogP contribution in [0.1, 0.15) is 15.9 Å². The van der Waals surface area contributed by atoms with Crippen LogP contribution in [0.2, 0.25) is 0 Å². The zero-order valence-electron chi connectivity index (χ0n) is 10.7. The fourth-order valence-corrected chi connectivity index (χ4v) is 2.12. The van der Waals surface area contributed by atoms with Gasteiger partial charge in [-0.15, -0.1) is 0 Å². The van der Waals surface area contributed by atoms with Crippen LogP contribution in [0.15, 0.2) is 46.9 Å². The largest absolute Gasteiger partial charge is 0.497 e. The monoisotopic (exact) mass is 330 g/mol. The predicted octanol–water partition coefficient (Wildman–Crippen LogP) is 3.58. The molecule has 0 aromatic heterocycles. The Morgan fingerprint density at radius 3 is 2.55 bits per heavy atom. The molecular formula is C15H11BrN2O2. The van der Waals surface area contributed by atoms with E-state index in [2.05, 4.69) is 21.2 Å². The summed E-state index contributed by atoms with van der Waals surface area (Å²) in [4.78, 5) is 12.1. The Bertz CT molecular complexity index is 675.